The lowest BCUT2D eigenvalue weighted by Gasteiger charge is -2.34. The van der Waals surface area contributed by atoms with Crippen LogP contribution in [0.15, 0.2) is 70.1 Å². The molecule has 0 bridgehead atoms. The molecule has 44 heavy (non-hydrogen) atoms. The van der Waals surface area contributed by atoms with Crippen molar-refractivity contribution in [3.63, 3.8) is 0 Å². The molecule has 0 unspecified atom stereocenters. The third-order valence-electron chi connectivity index (χ3n) is 7.63. The minimum atomic E-state index is -0.823. The maximum absolute atomic E-state index is 14.1. The van der Waals surface area contributed by atoms with Gasteiger partial charge in [-0.05, 0) is 37.4 Å². The lowest BCUT2D eigenvalue weighted by atomic mass is 10.0. The molecule has 0 N–H and O–H groups in total. The van der Waals surface area contributed by atoms with E-state index in [4.69, 9.17) is 21.1 Å². The summed E-state index contributed by atoms with van der Waals surface area (Å²) in [5, 5.41) is 4.48. The molecular weight excluding hydrogens is 622 g/mol. The highest BCUT2D eigenvalue weighted by Gasteiger charge is 2.42. The predicted molar refractivity (Wildman–Crippen MR) is 168 cm³/mol. The third-order valence-corrected chi connectivity index (χ3v) is 9.28. The first-order chi connectivity index (χ1) is 21.3. The highest BCUT2D eigenvalue weighted by atomic mass is 35.5. The molecule has 7 rings (SSSR count). The monoisotopic (exact) mass is 645 g/mol. The Kier molecular flexibility index (Phi) is 7.55. The van der Waals surface area contributed by atoms with E-state index in [1.807, 2.05) is 30.7 Å². The number of fused-ring (bicyclic) bond motifs is 2. The van der Waals surface area contributed by atoms with Gasteiger partial charge in [0.25, 0.3) is 17.4 Å². The number of benzene rings is 2. The van der Waals surface area contributed by atoms with Crippen LogP contribution in [0.3, 0.4) is 0 Å². The van der Waals surface area contributed by atoms with Gasteiger partial charge in [0.2, 0.25) is 0 Å². The molecule has 0 aliphatic carbocycles. The number of aromatic nitrogens is 4. The molecule has 2 aromatic carbocycles. The molecule has 1 saturated heterocycles. The number of ether oxygens (including phenoxy) is 2. The quantitative estimate of drug-likeness (QED) is 0.138. The maximum atomic E-state index is 14.1. The normalized spacial score (nSPS) is 18.3. The average Bonchev–Trinajstić information content (AvgIpc) is 3.59. The Hall–Kier alpha value is -3.94. The number of carbonyl (C=O) groups is 2. The first-order valence-electron chi connectivity index (χ1n) is 13.7. The van der Waals surface area contributed by atoms with Crippen molar-refractivity contribution in [3.8, 4) is 22.4 Å². The first kappa shape index (κ1) is 28.8. The van der Waals surface area contributed by atoms with Crippen molar-refractivity contribution in [2.75, 3.05) is 19.5 Å². The second kappa shape index (κ2) is 11.5. The standard InChI is InChI=1S/C31H24ClN5O5S2/c1-16-34-25(15-44-16)17-7-8-20(24(32)10-17)23-9-18-11-33-31(43-2)35-27(18)36(28(23)38)12-26-41-13-19(14-42-26)37-29(39)21-5-3-4-6-22(21)30(37)40/h3-11,15,19,26H,12-14H2,1-2H3. The molecule has 10 nitrogen and oxygen atoms in total. The number of amides is 2. The molecule has 0 radical (unpaired) electrons. The Morgan fingerprint density at radius 2 is 1.70 bits per heavy atom. The van der Waals surface area contributed by atoms with Gasteiger partial charge in [0.15, 0.2) is 11.4 Å². The van der Waals surface area contributed by atoms with Crippen LogP contribution in [0.4, 0.5) is 0 Å². The molecule has 1 fully saturated rings. The van der Waals surface area contributed by atoms with Gasteiger partial charge in [-0.15, -0.1) is 11.3 Å². The van der Waals surface area contributed by atoms with E-state index in [9.17, 15) is 14.4 Å². The van der Waals surface area contributed by atoms with Crippen molar-refractivity contribution < 1.29 is 19.1 Å². The molecule has 5 aromatic rings. The molecule has 5 heterocycles. The lowest BCUT2D eigenvalue weighted by Crippen LogP contribution is -2.50. The number of thiazole rings is 1. The van der Waals surface area contributed by atoms with Crippen molar-refractivity contribution in [2.24, 2.45) is 0 Å². The summed E-state index contributed by atoms with van der Waals surface area (Å²) in [6.07, 6.45) is 2.71. The van der Waals surface area contributed by atoms with Gasteiger partial charge in [0.05, 0.1) is 47.6 Å². The Bertz CT molecular complexity index is 1990. The van der Waals surface area contributed by atoms with Crippen LogP contribution in [-0.4, -0.2) is 68.0 Å². The summed E-state index contributed by atoms with van der Waals surface area (Å²) in [4.78, 5) is 54.7. The van der Waals surface area contributed by atoms with E-state index in [0.29, 0.717) is 43.5 Å². The van der Waals surface area contributed by atoms with Crippen LogP contribution in [0.2, 0.25) is 5.02 Å². The van der Waals surface area contributed by atoms with Crippen molar-refractivity contribution >= 4 is 57.5 Å². The van der Waals surface area contributed by atoms with Crippen LogP contribution in [0.25, 0.3) is 33.4 Å². The molecular formula is C31H24ClN5O5S2. The molecule has 0 spiro atoms. The zero-order chi connectivity index (χ0) is 30.5. The predicted octanol–water partition coefficient (Wildman–Crippen LogP) is 5.30. The largest absolute Gasteiger partial charge is 0.348 e. The summed E-state index contributed by atoms with van der Waals surface area (Å²) in [5.41, 5.74) is 3.46. The van der Waals surface area contributed by atoms with Crippen LogP contribution in [0.1, 0.15) is 25.7 Å². The van der Waals surface area contributed by atoms with E-state index in [0.717, 1.165) is 16.3 Å². The van der Waals surface area contributed by atoms with Crippen LogP contribution in [0, 0.1) is 6.92 Å². The SMILES string of the molecule is CSc1ncc2cc(-c3ccc(-c4csc(C)n4)cc3Cl)c(=O)n(CC3OCC(N4C(=O)c5ccccc5C4=O)CO3)c2n1. The minimum Gasteiger partial charge on any atom is -0.348 e. The van der Waals surface area contributed by atoms with Crippen LogP contribution in [-0.2, 0) is 16.0 Å². The minimum absolute atomic E-state index is 0.0245. The Morgan fingerprint density at radius 1 is 0.977 bits per heavy atom. The van der Waals surface area contributed by atoms with Gasteiger partial charge in [-0.2, -0.15) is 0 Å². The molecule has 3 aromatic heterocycles. The summed E-state index contributed by atoms with van der Waals surface area (Å²) < 4.78 is 13.5. The molecule has 2 aliphatic heterocycles. The van der Waals surface area contributed by atoms with Gasteiger partial charge < -0.3 is 9.47 Å². The number of imide groups is 1. The molecule has 2 amide bonds. The number of nitrogens with zero attached hydrogens (tertiary/aromatic N) is 5. The van der Waals surface area contributed by atoms with E-state index in [-0.39, 0.29) is 37.1 Å². The zero-order valence-corrected chi connectivity index (χ0v) is 25.9. The number of hydrogen-bond donors (Lipinski definition) is 0. The topological polar surface area (TPSA) is 117 Å². The molecule has 222 valence electrons. The van der Waals surface area contributed by atoms with Gasteiger partial charge in [0.1, 0.15) is 5.65 Å². The fourth-order valence-electron chi connectivity index (χ4n) is 5.47. The number of halogens is 1. The number of hydrogen-bond acceptors (Lipinski definition) is 10. The first-order valence-corrected chi connectivity index (χ1v) is 16.2. The highest BCUT2D eigenvalue weighted by molar-refractivity contribution is 7.98. The number of rotatable bonds is 6. The number of pyridine rings is 1. The molecule has 0 atom stereocenters. The second-order valence-electron chi connectivity index (χ2n) is 10.3. The maximum Gasteiger partial charge on any atom is 0.261 e. The fraction of sp³-hybridized carbons (Fsp3) is 0.226. The van der Waals surface area contributed by atoms with E-state index >= 15 is 0 Å². The fourth-order valence-corrected chi connectivity index (χ4v) is 6.71. The van der Waals surface area contributed by atoms with Crippen molar-refractivity contribution in [2.45, 2.75) is 31.0 Å². The second-order valence-corrected chi connectivity index (χ2v) is 12.6. The van der Waals surface area contributed by atoms with Crippen LogP contribution < -0.4 is 5.56 Å². The lowest BCUT2D eigenvalue weighted by molar-refractivity contribution is -0.202. The van der Waals surface area contributed by atoms with Crippen molar-refractivity contribution in [1.29, 1.82) is 0 Å². The summed E-state index contributed by atoms with van der Waals surface area (Å²) in [6.45, 7) is 2.10. The summed E-state index contributed by atoms with van der Waals surface area (Å²) >= 11 is 9.67. The summed E-state index contributed by atoms with van der Waals surface area (Å²) in [7, 11) is 0. The van der Waals surface area contributed by atoms with E-state index < -0.39 is 12.3 Å². The molecule has 0 saturated carbocycles. The Morgan fingerprint density at radius 3 is 2.34 bits per heavy atom. The third kappa shape index (κ3) is 5.02. The van der Waals surface area contributed by atoms with Gasteiger partial charge >= 0.3 is 0 Å². The molecule has 2 aliphatic rings. The van der Waals surface area contributed by atoms with Crippen LogP contribution in [0.5, 0.6) is 0 Å². The Balaban J connectivity index is 1.19. The van der Waals surface area contributed by atoms with Crippen molar-refractivity contribution in [3.05, 3.63) is 91.6 Å². The van der Waals surface area contributed by atoms with Gasteiger partial charge in [-0.1, -0.05) is 47.6 Å². The summed E-state index contributed by atoms with van der Waals surface area (Å²) in [6, 6.07) is 13.4. The van der Waals surface area contributed by atoms with Crippen molar-refractivity contribution in [1.82, 2.24) is 24.4 Å². The molecule has 13 heteroatoms. The average molecular weight is 646 g/mol. The smallest absolute Gasteiger partial charge is 0.261 e. The van der Waals surface area contributed by atoms with Gasteiger partial charge in [-0.3, -0.25) is 23.9 Å². The van der Waals surface area contributed by atoms with Gasteiger partial charge in [-0.25, -0.2) is 15.0 Å². The highest BCUT2D eigenvalue weighted by Crippen LogP contribution is 2.33. The van der Waals surface area contributed by atoms with E-state index in [1.54, 1.807) is 53.9 Å². The Labute approximate surface area is 264 Å². The van der Waals surface area contributed by atoms with Crippen LogP contribution >= 0.6 is 34.7 Å². The number of thioether (sulfide) groups is 1. The van der Waals surface area contributed by atoms with Gasteiger partial charge in [0, 0.05) is 38.7 Å². The van der Waals surface area contributed by atoms with E-state index in [1.165, 1.54) is 21.2 Å². The zero-order valence-electron chi connectivity index (χ0n) is 23.5. The summed E-state index contributed by atoms with van der Waals surface area (Å²) in [5.74, 6) is -0.740. The number of aryl methyl sites for hydroxylation is 1. The number of carbonyl (C=O) groups excluding carboxylic acids is 2. The van der Waals surface area contributed by atoms with E-state index in [2.05, 4.69) is 15.0 Å².